The van der Waals surface area contributed by atoms with Gasteiger partial charge in [-0.25, -0.2) is 0 Å². The maximum absolute atomic E-state index is 6.28. The van der Waals surface area contributed by atoms with Crippen LogP contribution in [-0.4, -0.2) is 43.8 Å². The Bertz CT molecular complexity index is 167. The molecule has 2 N–H and O–H groups in total. The van der Waals surface area contributed by atoms with Crippen LogP contribution in [0.2, 0.25) is 0 Å². The van der Waals surface area contributed by atoms with Gasteiger partial charge >= 0.3 is 0 Å². The van der Waals surface area contributed by atoms with Crippen molar-refractivity contribution in [1.29, 1.82) is 0 Å². The molecule has 90 valence electrons. The topological polar surface area (TPSA) is 38.5 Å². The predicted molar refractivity (Wildman–Crippen MR) is 66.0 cm³/mol. The maximum Gasteiger partial charge on any atom is 0.0589 e. The summed E-state index contributed by atoms with van der Waals surface area (Å²) in [6, 6.07) is 0. The molecule has 3 nitrogen and oxygen atoms in total. The minimum Gasteiger partial charge on any atom is -0.383 e. The highest BCUT2D eigenvalue weighted by Gasteiger charge is 2.22. The first-order chi connectivity index (χ1) is 7.11. The predicted octanol–water partition coefficient (Wildman–Crippen LogP) is 1.64. The molecule has 0 heterocycles. The second-order valence-corrected chi connectivity index (χ2v) is 4.09. The van der Waals surface area contributed by atoms with Crippen LogP contribution in [0.3, 0.4) is 0 Å². The molecule has 0 unspecified atom stereocenters. The van der Waals surface area contributed by atoms with Crippen LogP contribution >= 0.6 is 0 Å². The zero-order valence-electron chi connectivity index (χ0n) is 10.5. The van der Waals surface area contributed by atoms with Gasteiger partial charge in [-0.15, -0.1) is 6.58 Å². The Hall–Kier alpha value is -0.380. The highest BCUT2D eigenvalue weighted by atomic mass is 16.5. The molecule has 0 aromatic rings. The van der Waals surface area contributed by atoms with Crippen LogP contribution in [0.15, 0.2) is 12.7 Å². The molecule has 0 rings (SSSR count). The number of nitrogens with zero attached hydrogens (tertiary/aromatic N) is 1. The lowest BCUT2D eigenvalue weighted by molar-refractivity contribution is 0.135. The standard InChI is InChI=1S/C12H26N2O/c1-5-8-14(9-10-15-4)11-12(13,6-2)7-3/h5H,1,6-11,13H2,2-4H3. The SMILES string of the molecule is C=CCN(CCOC)CC(N)(CC)CC. The lowest BCUT2D eigenvalue weighted by Gasteiger charge is -2.33. The number of nitrogens with two attached hydrogens (primary N) is 1. The highest BCUT2D eigenvalue weighted by Crippen LogP contribution is 2.13. The molecule has 0 saturated heterocycles. The van der Waals surface area contributed by atoms with E-state index in [-0.39, 0.29) is 5.54 Å². The van der Waals surface area contributed by atoms with Crippen LogP contribution in [0.1, 0.15) is 26.7 Å². The van der Waals surface area contributed by atoms with E-state index < -0.39 is 0 Å². The summed E-state index contributed by atoms with van der Waals surface area (Å²) in [4.78, 5) is 2.30. The first kappa shape index (κ1) is 14.6. The number of rotatable bonds is 9. The third kappa shape index (κ3) is 5.92. The molecule has 0 radical (unpaired) electrons. The smallest absolute Gasteiger partial charge is 0.0589 e. The first-order valence-corrected chi connectivity index (χ1v) is 5.73. The molecule has 0 aromatic heterocycles. The van der Waals surface area contributed by atoms with Gasteiger partial charge in [0.2, 0.25) is 0 Å². The Morgan fingerprint density at radius 2 is 2.00 bits per heavy atom. The summed E-state index contributed by atoms with van der Waals surface area (Å²) in [6.45, 7) is 11.5. The van der Waals surface area contributed by atoms with Crippen molar-refractivity contribution in [3.63, 3.8) is 0 Å². The summed E-state index contributed by atoms with van der Waals surface area (Å²) in [5.41, 5.74) is 6.21. The van der Waals surface area contributed by atoms with Gasteiger partial charge in [0.15, 0.2) is 0 Å². The van der Waals surface area contributed by atoms with Crippen molar-refractivity contribution in [1.82, 2.24) is 4.90 Å². The van der Waals surface area contributed by atoms with Crippen molar-refractivity contribution in [3.05, 3.63) is 12.7 Å². The van der Waals surface area contributed by atoms with Crippen molar-refractivity contribution in [3.8, 4) is 0 Å². The summed E-state index contributed by atoms with van der Waals surface area (Å²) in [5, 5.41) is 0. The van der Waals surface area contributed by atoms with Crippen LogP contribution in [0.25, 0.3) is 0 Å². The van der Waals surface area contributed by atoms with E-state index in [1.165, 1.54) is 0 Å². The van der Waals surface area contributed by atoms with Crippen molar-refractivity contribution < 1.29 is 4.74 Å². The molecule has 0 bridgehead atoms. The van der Waals surface area contributed by atoms with E-state index >= 15 is 0 Å². The molecule has 0 aliphatic carbocycles. The van der Waals surface area contributed by atoms with Gasteiger partial charge in [-0.3, -0.25) is 4.90 Å². The molecule has 0 amide bonds. The van der Waals surface area contributed by atoms with Gasteiger partial charge in [-0.2, -0.15) is 0 Å². The molecule has 0 aromatic carbocycles. The van der Waals surface area contributed by atoms with Crippen molar-refractivity contribution >= 4 is 0 Å². The Balaban J connectivity index is 4.17. The molecule has 15 heavy (non-hydrogen) atoms. The van der Waals surface area contributed by atoms with E-state index in [9.17, 15) is 0 Å². The lowest BCUT2D eigenvalue weighted by atomic mass is 9.93. The zero-order valence-corrected chi connectivity index (χ0v) is 10.5. The summed E-state index contributed by atoms with van der Waals surface area (Å²) in [7, 11) is 1.72. The second-order valence-electron chi connectivity index (χ2n) is 4.09. The maximum atomic E-state index is 6.28. The van der Waals surface area contributed by atoms with E-state index in [0.717, 1.165) is 39.1 Å². The molecule has 0 aliphatic heterocycles. The Morgan fingerprint density at radius 1 is 1.40 bits per heavy atom. The summed E-state index contributed by atoms with van der Waals surface area (Å²) < 4.78 is 5.08. The number of methoxy groups -OCH3 is 1. The number of hydrogen-bond acceptors (Lipinski definition) is 3. The fourth-order valence-corrected chi connectivity index (χ4v) is 1.56. The fraction of sp³-hybridized carbons (Fsp3) is 0.833. The van der Waals surface area contributed by atoms with Crippen molar-refractivity contribution in [2.45, 2.75) is 32.2 Å². The van der Waals surface area contributed by atoms with Crippen LogP contribution in [0.5, 0.6) is 0 Å². The third-order valence-corrected chi connectivity index (χ3v) is 2.95. The summed E-state index contributed by atoms with van der Waals surface area (Å²) in [6.07, 6.45) is 3.93. The molecular weight excluding hydrogens is 188 g/mol. The first-order valence-electron chi connectivity index (χ1n) is 5.73. The summed E-state index contributed by atoms with van der Waals surface area (Å²) in [5.74, 6) is 0. The zero-order chi connectivity index (χ0) is 11.7. The van der Waals surface area contributed by atoms with Gasteiger partial charge in [0.05, 0.1) is 6.61 Å². The number of hydrogen-bond donors (Lipinski definition) is 1. The quantitative estimate of drug-likeness (QED) is 0.593. The van der Waals surface area contributed by atoms with Crippen LogP contribution < -0.4 is 5.73 Å². The Kier molecular flexibility index (Phi) is 7.65. The second kappa shape index (κ2) is 7.85. The minimum absolute atomic E-state index is 0.0727. The molecular formula is C12H26N2O. The molecule has 0 aliphatic rings. The van der Waals surface area contributed by atoms with Crippen molar-refractivity contribution in [2.24, 2.45) is 5.73 Å². The van der Waals surface area contributed by atoms with Crippen molar-refractivity contribution in [2.75, 3.05) is 33.4 Å². The fourth-order valence-electron chi connectivity index (χ4n) is 1.56. The number of ether oxygens (including phenoxy) is 1. The van der Waals surface area contributed by atoms with Gasteiger partial charge in [-0.05, 0) is 12.8 Å². The Morgan fingerprint density at radius 3 is 2.40 bits per heavy atom. The minimum atomic E-state index is -0.0727. The summed E-state index contributed by atoms with van der Waals surface area (Å²) >= 11 is 0. The van der Waals surface area contributed by atoms with Gasteiger partial charge in [0.1, 0.15) is 0 Å². The third-order valence-electron chi connectivity index (χ3n) is 2.95. The van der Waals surface area contributed by atoms with Gasteiger partial charge in [0.25, 0.3) is 0 Å². The molecule has 0 spiro atoms. The average Bonchev–Trinajstić information content (AvgIpc) is 2.26. The average molecular weight is 214 g/mol. The van der Waals surface area contributed by atoms with Gasteiger partial charge < -0.3 is 10.5 Å². The van der Waals surface area contributed by atoms with E-state index in [4.69, 9.17) is 10.5 Å². The van der Waals surface area contributed by atoms with E-state index in [2.05, 4.69) is 25.3 Å². The van der Waals surface area contributed by atoms with E-state index in [0.29, 0.717) is 0 Å². The molecule has 0 saturated carbocycles. The van der Waals surface area contributed by atoms with Crippen LogP contribution in [0, 0.1) is 0 Å². The van der Waals surface area contributed by atoms with E-state index in [1.807, 2.05) is 6.08 Å². The molecule has 0 atom stereocenters. The molecule has 0 fully saturated rings. The van der Waals surface area contributed by atoms with Crippen LogP contribution in [0.4, 0.5) is 0 Å². The van der Waals surface area contributed by atoms with Gasteiger partial charge in [-0.1, -0.05) is 19.9 Å². The monoisotopic (exact) mass is 214 g/mol. The molecule has 3 heteroatoms. The normalized spacial score (nSPS) is 12.1. The van der Waals surface area contributed by atoms with E-state index in [1.54, 1.807) is 7.11 Å². The van der Waals surface area contributed by atoms with Gasteiger partial charge in [0, 0.05) is 32.3 Å². The Labute approximate surface area is 94.3 Å². The van der Waals surface area contributed by atoms with Crippen LogP contribution in [-0.2, 0) is 4.74 Å². The highest BCUT2D eigenvalue weighted by molar-refractivity contribution is 4.87. The lowest BCUT2D eigenvalue weighted by Crippen LogP contribution is -2.50. The largest absolute Gasteiger partial charge is 0.383 e.